The average Bonchev–Trinajstić information content (AvgIpc) is 2.28. The molecule has 0 radical (unpaired) electrons. The highest BCUT2D eigenvalue weighted by Gasteiger charge is 2.33. The van der Waals surface area contributed by atoms with Gasteiger partial charge in [-0.2, -0.15) is 0 Å². The quantitative estimate of drug-likeness (QED) is 0.800. The van der Waals surface area contributed by atoms with E-state index in [1.165, 1.54) is 4.90 Å². The Morgan fingerprint density at radius 2 is 1.94 bits per heavy atom. The SMILES string of the molecule is CCCN(CC(F)F)C(=O)CC1(O)CCCCC1. The molecule has 3 nitrogen and oxygen atoms in total. The number of hydrogen-bond acceptors (Lipinski definition) is 2. The predicted octanol–water partition coefficient (Wildman–Crippen LogP) is 2.58. The van der Waals surface area contributed by atoms with Crippen molar-refractivity contribution in [3.05, 3.63) is 0 Å². The van der Waals surface area contributed by atoms with E-state index >= 15 is 0 Å². The Balaban J connectivity index is 2.53. The Hall–Kier alpha value is -0.710. The molecule has 1 amide bonds. The molecule has 1 rings (SSSR count). The highest BCUT2D eigenvalue weighted by atomic mass is 19.3. The molecule has 0 unspecified atom stereocenters. The molecule has 0 spiro atoms. The van der Waals surface area contributed by atoms with Gasteiger partial charge in [0.25, 0.3) is 6.43 Å². The van der Waals surface area contributed by atoms with Crippen LogP contribution < -0.4 is 0 Å². The molecule has 0 atom stereocenters. The number of halogens is 2. The second-order valence-corrected chi connectivity index (χ2v) is 5.19. The molecule has 0 aromatic carbocycles. The zero-order chi connectivity index (χ0) is 13.6. The van der Waals surface area contributed by atoms with E-state index in [1.807, 2.05) is 6.92 Å². The fourth-order valence-corrected chi connectivity index (χ4v) is 2.53. The van der Waals surface area contributed by atoms with E-state index in [9.17, 15) is 18.7 Å². The van der Waals surface area contributed by atoms with Gasteiger partial charge in [0.1, 0.15) is 0 Å². The van der Waals surface area contributed by atoms with Crippen LogP contribution in [0.2, 0.25) is 0 Å². The van der Waals surface area contributed by atoms with Crippen LogP contribution in [0, 0.1) is 0 Å². The molecule has 1 saturated carbocycles. The summed E-state index contributed by atoms with van der Waals surface area (Å²) in [6.45, 7) is 1.66. The molecule has 1 N–H and O–H groups in total. The lowest BCUT2D eigenvalue weighted by Crippen LogP contribution is -2.42. The summed E-state index contributed by atoms with van der Waals surface area (Å²) in [4.78, 5) is 13.2. The maximum atomic E-state index is 12.4. The zero-order valence-electron chi connectivity index (χ0n) is 11.0. The van der Waals surface area contributed by atoms with Crippen molar-refractivity contribution >= 4 is 5.91 Å². The van der Waals surface area contributed by atoms with Gasteiger partial charge in [-0.3, -0.25) is 4.79 Å². The summed E-state index contributed by atoms with van der Waals surface area (Å²) < 4.78 is 24.8. The van der Waals surface area contributed by atoms with Gasteiger partial charge in [-0.1, -0.05) is 26.2 Å². The summed E-state index contributed by atoms with van der Waals surface area (Å²) in [7, 11) is 0. The molecule has 0 saturated heterocycles. The summed E-state index contributed by atoms with van der Waals surface area (Å²) >= 11 is 0. The van der Waals surface area contributed by atoms with Crippen molar-refractivity contribution in [2.45, 2.75) is 63.9 Å². The Morgan fingerprint density at radius 3 is 2.44 bits per heavy atom. The van der Waals surface area contributed by atoms with E-state index in [-0.39, 0.29) is 12.3 Å². The van der Waals surface area contributed by atoms with Crippen molar-refractivity contribution in [3.63, 3.8) is 0 Å². The molecule has 1 fully saturated rings. The van der Waals surface area contributed by atoms with Crippen molar-refractivity contribution in [2.24, 2.45) is 0 Å². The Labute approximate surface area is 107 Å². The predicted molar refractivity (Wildman–Crippen MR) is 65.5 cm³/mol. The molecule has 5 heteroatoms. The minimum atomic E-state index is -2.51. The first-order valence-electron chi connectivity index (χ1n) is 6.75. The highest BCUT2D eigenvalue weighted by molar-refractivity contribution is 5.77. The lowest BCUT2D eigenvalue weighted by molar-refractivity contribution is -0.139. The second kappa shape index (κ2) is 7.02. The third-order valence-corrected chi connectivity index (χ3v) is 3.47. The minimum absolute atomic E-state index is 0.0142. The first-order valence-corrected chi connectivity index (χ1v) is 6.75. The smallest absolute Gasteiger partial charge is 0.255 e. The van der Waals surface area contributed by atoms with E-state index in [2.05, 4.69) is 0 Å². The third-order valence-electron chi connectivity index (χ3n) is 3.47. The normalized spacial score (nSPS) is 18.9. The summed E-state index contributed by atoms with van der Waals surface area (Å²) in [5.41, 5.74) is -0.969. The zero-order valence-corrected chi connectivity index (χ0v) is 11.0. The van der Waals surface area contributed by atoms with E-state index < -0.39 is 18.6 Å². The van der Waals surface area contributed by atoms with Crippen molar-refractivity contribution in [1.82, 2.24) is 4.90 Å². The van der Waals surface area contributed by atoms with Gasteiger partial charge >= 0.3 is 0 Å². The molecule has 0 aliphatic heterocycles. The number of amides is 1. The molecular formula is C13H23F2NO2. The minimum Gasteiger partial charge on any atom is -0.389 e. The van der Waals surface area contributed by atoms with Crippen LogP contribution in [0.3, 0.4) is 0 Å². The summed E-state index contributed by atoms with van der Waals surface area (Å²) in [5.74, 6) is -0.346. The fourth-order valence-electron chi connectivity index (χ4n) is 2.53. The van der Waals surface area contributed by atoms with Gasteiger partial charge in [0.2, 0.25) is 5.91 Å². The van der Waals surface area contributed by atoms with Crippen molar-refractivity contribution in [1.29, 1.82) is 0 Å². The van der Waals surface area contributed by atoms with E-state index in [0.29, 0.717) is 25.8 Å². The second-order valence-electron chi connectivity index (χ2n) is 5.19. The van der Waals surface area contributed by atoms with Gasteiger partial charge in [0.15, 0.2) is 0 Å². The van der Waals surface area contributed by atoms with Gasteiger partial charge in [0, 0.05) is 6.54 Å². The van der Waals surface area contributed by atoms with E-state index in [0.717, 1.165) is 19.3 Å². The number of alkyl halides is 2. The van der Waals surface area contributed by atoms with Crippen molar-refractivity contribution in [3.8, 4) is 0 Å². The summed E-state index contributed by atoms with van der Waals surface area (Å²) in [6.07, 6.45) is 2.23. The Morgan fingerprint density at radius 1 is 1.33 bits per heavy atom. The maximum Gasteiger partial charge on any atom is 0.255 e. The van der Waals surface area contributed by atoms with E-state index in [1.54, 1.807) is 0 Å². The van der Waals surface area contributed by atoms with Crippen LogP contribution in [-0.2, 0) is 4.79 Å². The first-order chi connectivity index (χ1) is 8.47. The lowest BCUT2D eigenvalue weighted by atomic mass is 9.82. The molecule has 106 valence electrons. The molecular weight excluding hydrogens is 240 g/mol. The number of hydrogen-bond donors (Lipinski definition) is 1. The fraction of sp³-hybridized carbons (Fsp3) is 0.923. The monoisotopic (exact) mass is 263 g/mol. The average molecular weight is 263 g/mol. The van der Waals surface area contributed by atoms with Crippen molar-refractivity contribution in [2.75, 3.05) is 13.1 Å². The largest absolute Gasteiger partial charge is 0.389 e. The molecule has 18 heavy (non-hydrogen) atoms. The summed E-state index contributed by atoms with van der Waals surface area (Å²) in [6, 6.07) is 0. The number of carbonyl (C=O) groups is 1. The number of aliphatic hydroxyl groups is 1. The third kappa shape index (κ3) is 4.88. The van der Waals surface area contributed by atoms with Crippen LogP contribution in [0.4, 0.5) is 8.78 Å². The van der Waals surface area contributed by atoms with Crippen LogP contribution in [0.25, 0.3) is 0 Å². The van der Waals surface area contributed by atoms with Gasteiger partial charge in [0.05, 0.1) is 18.6 Å². The first kappa shape index (κ1) is 15.3. The van der Waals surface area contributed by atoms with E-state index in [4.69, 9.17) is 0 Å². The van der Waals surface area contributed by atoms with Crippen LogP contribution in [0.15, 0.2) is 0 Å². The molecule has 1 aliphatic rings. The van der Waals surface area contributed by atoms with Gasteiger partial charge < -0.3 is 10.0 Å². The van der Waals surface area contributed by atoms with Crippen LogP contribution >= 0.6 is 0 Å². The molecule has 0 aromatic rings. The van der Waals surface area contributed by atoms with Crippen LogP contribution in [-0.4, -0.2) is 41.0 Å². The van der Waals surface area contributed by atoms with Crippen LogP contribution in [0.1, 0.15) is 51.9 Å². The number of carbonyl (C=O) groups excluding carboxylic acids is 1. The van der Waals surface area contributed by atoms with Crippen LogP contribution in [0.5, 0.6) is 0 Å². The number of rotatable bonds is 6. The Bertz CT molecular complexity index is 266. The molecule has 0 heterocycles. The lowest BCUT2D eigenvalue weighted by Gasteiger charge is -2.33. The highest BCUT2D eigenvalue weighted by Crippen LogP contribution is 2.31. The molecule has 0 aromatic heterocycles. The number of nitrogens with zero attached hydrogens (tertiary/aromatic N) is 1. The van der Waals surface area contributed by atoms with Gasteiger partial charge in [-0.05, 0) is 19.3 Å². The standard InChI is InChI=1S/C13H23F2NO2/c1-2-8-16(10-11(14)15)12(17)9-13(18)6-4-3-5-7-13/h11,18H,2-10H2,1H3. The maximum absolute atomic E-state index is 12.4. The van der Waals surface area contributed by atoms with Gasteiger partial charge in [-0.15, -0.1) is 0 Å². The molecule has 1 aliphatic carbocycles. The van der Waals surface area contributed by atoms with Crippen molar-refractivity contribution < 1.29 is 18.7 Å². The van der Waals surface area contributed by atoms with Gasteiger partial charge in [-0.25, -0.2) is 8.78 Å². The summed E-state index contributed by atoms with van der Waals surface area (Å²) in [5, 5.41) is 10.3. The molecule has 0 bridgehead atoms. The Kier molecular flexibility index (Phi) is 5.99. The topological polar surface area (TPSA) is 40.5 Å².